The van der Waals surface area contributed by atoms with Crippen LogP contribution in [0.15, 0.2) is 400 Å². The van der Waals surface area contributed by atoms with Gasteiger partial charge in [-0.3, -0.25) is 0 Å². The Morgan fingerprint density at radius 3 is 0.246 bits per heavy atom. The second-order valence-electron chi connectivity index (χ2n) is 34.0. The van der Waals surface area contributed by atoms with Gasteiger partial charge in [0.25, 0.3) is 0 Å². The van der Waals surface area contributed by atoms with Gasteiger partial charge in [-0.2, -0.15) is 0 Å². The summed E-state index contributed by atoms with van der Waals surface area (Å²) in [5, 5.41) is 0. The van der Waals surface area contributed by atoms with Crippen molar-refractivity contribution >= 4 is 170 Å². The van der Waals surface area contributed by atoms with Crippen LogP contribution in [0.1, 0.15) is 195 Å². The van der Waals surface area contributed by atoms with E-state index in [0.717, 1.165) is 89.0 Å². The number of hydrogen-bond donors (Lipinski definition) is 0. The van der Waals surface area contributed by atoms with E-state index in [9.17, 15) is 0 Å². The molecule has 16 aromatic carbocycles. The van der Waals surface area contributed by atoms with E-state index in [-0.39, 0.29) is 10.8 Å². The molecule has 0 aliphatic heterocycles. The highest BCUT2D eigenvalue weighted by Gasteiger charge is 2.39. The second-order valence-corrected chi connectivity index (χ2v) is 34.0. The molecule has 0 saturated heterocycles. The van der Waals surface area contributed by atoms with Crippen LogP contribution in [-0.2, 0) is 10.8 Å². The molecule has 0 heterocycles. The van der Waals surface area contributed by atoms with Crippen molar-refractivity contribution in [3.63, 3.8) is 0 Å². The molecular formula is C130H106. The van der Waals surface area contributed by atoms with Gasteiger partial charge >= 0.3 is 0 Å². The predicted molar refractivity (Wildman–Crippen MR) is 574 cm³/mol. The summed E-state index contributed by atoms with van der Waals surface area (Å²) in [5.41, 5.74) is 35.1. The van der Waals surface area contributed by atoms with Crippen molar-refractivity contribution in [3.05, 3.63) is 567 Å². The molecule has 16 rings (SSSR count). The monoisotopic (exact) mass is 1670 g/mol. The van der Waals surface area contributed by atoms with E-state index >= 15 is 0 Å². The summed E-state index contributed by atoms with van der Waals surface area (Å²) in [4.78, 5) is 0. The Balaban J connectivity index is 0.424. The second kappa shape index (κ2) is 43.7. The smallest absolute Gasteiger partial charge is 0.00120 e. The van der Waals surface area contributed by atoms with Crippen LogP contribution in [0.4, 0.5) is 0 Å². The van der Waals surface area contributed by atoms with E-state index in [1.165, 1.54) is 77.9 Å². The molecule has 0 aliphatic rings. The molecule has 0 nitrogen and oxygen atoms in total. The molecule has 0 fully saturated rings. The van der Waals surface area contributed by atoms with Crippen molar-refractivity contribution in [3.8, 4) is 0 Å². The first kappa shape index (κ1) is 87.4. The molecule has 0 aliphatic carbocycles. The van der Waals surface area contributed by atoms with Gasteiger partial charge in [-0.25, -0.2) is 0 Å². The van der Waals surface area contributed by atoms with Crippen LogP contribution in [0.5, 0.6) is 0 Å². The Morgan fingerprint density at radius 2 is 0.162 bits per heavy atom. The van der Waals surface area contributed by atoms with Gasteiger partial charge in [0, 0.05) is 0 Å². The Labute approximate surface area is 770 Å². The van der Waals surface area contributed by atoms with E-state index in [4.69, 9.17) is 0 Å². The van der Waals surface area contributed by atoms with Gasteiger partial charge in [-0.15, -0.1) is 0 Å². The summed E-state index contributed by atoms with van der Waals surface area (Å²) >= 11 is 0. The van der Waals surface area contributed by atoms with Gasteiger partial charge in [0.15, 0.2) is 0 Å². The predicted octanol–water partition coefficient (Wildman–Crippen LogP) is 35.3. The molecule has 0 heteroatoms. The molecule has 130 heavy (non-hydrogen) atoms. The van der Waals surface area contributed by atoms with Crippen molar-refractivity contribution in [2.24, 2.45) is 0 Å². The summed E-state index contributed by atoms with van der Waals surface area (Å²) in [6, 6.07) is 143. The van der Waals surface area contributed by atoms with Crippen LogP contribution < -0.4 is 0 Å². The van der Waals surface area contributed by atoms with Crippen LogP contribution in [0, 0.1) is 0 Å². The lowest BCUT2D eigenvalue weighted by Gasteiger charge is -2.43. The third kappa shape index (κ3) is 25.8. The minimum Gasteiger partial charge on any atom is -0.0622 e. The molecule has 0 spiro atoms. The third-order valence-electron chi connectivity index (χ3n) is 24.2. The van der Waals surface area contributed by atoms with Crippen molar-refractivity contribution in [2.45, 2.75) is 38.5 Å². The summed E-state index contributed by atoms with van der Waals surface area (Å²) in [6.45, 7) is 9.47. The Kier molecular flexibility index (Phi) is 29.3. The fourth-order valence-electron chi connectivity index (χ4n) is 15.2. The minimum atomic E-state index is -0.136. The first-order valence-corrected chi connectivity index (χ1v) is 44.8. The van der Waals surface area contributed by atoms with Crippen LogP contribution in [0.3, 0.4) is 0 Å². The number of rotatable bonds is 31. The SMILES string of the molecule is CC(C)(c1ccc(/C=C/c2ccc(/C=C/c3ccc(/C=C/c4ccc(/C=C/c5ccc(/C=C/c6ccc(/C=C/c7ccccc7)cc6)cc5)cc4)cc3)cc2)cc1)C(C)(C)c1ccc(/C=C/c2ccc(/C=C/c3ccc(/C=C/c4ccc(/C=C/c5ccc(/C=C/c6ccc(/C=C/c7ccc(/C=C/c8ccc(/C=C/c9ccccc9)cc8)cc7)cc6)cc5)cc4)cc3)cc2)cc1. The van der Waals surface area contributed by atoms with E-state index < -0.39 is 0 Å². The Hall–Kier alpha value is -16.1. The summed E-state index contributed by atoms with van der Waals surface area (Å²) in [6.07, 6.45) is 60.8. The largest absolute Gasteiger partial charge is 0.0622 e. The molecule has 0 aromatic heterocycles. The normalized spacial score (nSPS) is 12.5. The van der Waals surface area contributed by atoms with Gasteiger partial charge in [0.1, 0.15) is 0 Å². The average Bonchev–Trinajstić information content (AvgIpc) is 0.761. The standard InChI is InChI=1S/C130H106/c1-129(2,127-95-91-125(92-96-127)89-87-123-83-79-121(80-84-123)77-75-119-71-67-117(68-72-119)65-63-115-49-45-110(46-50-115)42-40-108-37-33-106(34-38-108)30-28-104-25-21-102(22-26-104)18-16-100-13-9-6-10-14-100)130(3,4)128-97-93-126(94-98-128)90-88-124-85-81-122(82-86-124)78-76-120-73-69-118(70-74-120)66-64-116-61-59-114(60-62-116)58-57-113-55-53-112(54-56-113)52-51-111-47-43-109(44-48-111)41-39-107-35-31-105(32-36-107)29-27-103-23-19-101(20-24-103)17-15-99-11-7-5-8-12-99/h5-98H,1-4H3/b17-15+,18-16+,29-27+,30-28+,41-39+,42-40+,52-51+,58-57+,65-63+,66-64+,77-75+,78-76+,89-87+,90-88+. The van der Waals surface area contributed by atoms with E-state index in [2.05, 4.69) is 586 Å². The van der Waals surface area contributed by atoms with Gasteiger partial charge in [-0.05, 0) is 178 Å². The lowest BCUT2D eigenvalue weighted by Crippen LogP contribution is -2.40. The maximum atomic E-state index is 2.37. The molecule has 0 radical (unpaired) electrons. The zero-order valence-electron chi connectivity index (χ0n) is 74.3. The zero-order valence-corrected chi connectivity index (χ0v) is 74.3. The zero-order chi connectivity index (χ0) is 88.8. The van der Waals surface area contributed by atoms with Crippen molar-refractivity contribution in [1.29, 1.82) is 0 Å². The fraction of sp³-hybridized carbons (Fsp3) is 0.0462. The van der Waals surface area contributed by atoms with Crippen LogP contribution in [0.2, 0.25) is 0 Å². The maximum absolute atomic E-state index is 2.37. The maximum Gasteiger partial charge on any atom is -0.00120 e. The Morgan fingerprint density at radius 1 is 0.0923 bits per heavy atom. The lowest BCUT2D eigenvalue weighted by molar-refractivity contribution is 0.303. The van der Waals surface area contributed by atoms with Crippen LogP contribution in [-0.4, -0.2) is 0 Å². The summed E-state index contributed by atoms with van der Waals surface area (Å²) in [5.74, 6) is 0. The highest BCUT2D eigenvalue weighted by molar-refractivity contribution is 5.83. The molecule has 0 atom stereocenters. The van der Waals surface area contributed by atoms with Gasteiger partial charge < -0.3 is 0 Å². The van der Waals surface area contributed by atoms with Gasteiger partial charge in [-0.1, -0.05) is 598 Å². The quantitative estimate of drug-likeness (QED) is 0.0380. The first-order valence-electron chi connectivity index (χ1n) is 44.8. The molecule has 0 N–H and O–H groups in total. The highest BCUT2D eigenvalue weighted by atomic mass is 14.4. The molecule has 0 amide bonds. The van der Waals surface area contributed by atoms with Crippen molar-refractivity contribution in [2.75, 3.05) is 0 Å². The van der Waals surface area contributed by atoms with Crippen molar-refractivity contribution in [1.82, 2.24) is 0 Å². The topological polar surface area (TPSA) is 0 Å². The molecule has 0 bridgehead atoms. The number of hydrogen-bond acceptors (Lipinski definition) is 0. The highest BCUT2D eigenvalue weighted by Crippen LogP contribution is 2.44. The average molecular weight is 1670 g/mol. The van der Waals surface area contributed by atoms with Crippen molar-refractivity contribution < 1.29 is 0 Å². The number of benzene rings is 16. The van der Waals surface area contributed by atoms with E-state index in [1.54, 1.807) is 0 Å². The summed E-state index contributed by atoms with van der Waals surface area (Å²) in [7, 11) is 0. The molecule has 626 valence electrons. The molecule has 16 aromatic rings. The summed E-state index contributed by atoms with van der Waals surface area (Å²) < 4.78 is 0. The van der Waals surface area contributed by atoms with Gasteiger partial charge in [0.2, 0.25) is 0 Å². The van der Waals surface area contributed by atoms with Gasteiger partial charge in [0.05, 0.1) is 0 Å². The van der Waals surface area contributed by atoms with Crippen LogP contribution >= 0.6 is 0 Å². The first-order chi connectivity index (χ1) is 63.8. The van der Waals surface area contributed by atoms with E-state index in [1.807, 2.05) is 12.1 Å². The van der Waals surface area contributed by atoms with Crippen LogP contribution in [0.25, 0.3) is 170 Å². The van der Waals surface area contributed by atoms with E-state index in [0.29, 0.717) is 0 Å². The molecule has 0 unspecified atom stereocenters. The fourth-order valence-corrected chi connectivity index (χ4v) is 15.2. The third-order valence-corrected chi connectivity index (χ3v) is 24.2. The minimum absolute atomic E-state index is 0.135. The Bertz CT molecular complexity index is 6760. The lowest BCUT2D eigenvalue weighted by atomic mass is 9.61. The molecule has 0 saturated carbocycles. The molecular weight excluding hydrogens is 1560 g/mol.